The third-order valence-corrected chi connectivity index (χ3v) is 23.4. The average molecular weight is 2390 g/mol. The molecule has 32 N–H and O–H groups in total. The van der Waals surface area contributed by atoms with Gasteiger partial charge in [-0.25, -0.2) is 69.1 Å². The fourth-order valence-corrected chi connectivity index (χ4v) is 15.0. The van der Waals surface area contributed by atoms with Crippen LogP contribution >= 0.6 is 11.6 Å². The molecule has 10 aromatic heterocycles. The zero-order valence-electron chi connectivity index (χ0n) is 90.1. The second-order valence-electron chi connectivity index (χ2n) is 34.4. The molecule has 10 heterocycles. The standard InChI is InChI=1S/C21H38N8.C18H31ClN8.3C18H33N9.5BrH.ClH.H3N/c1-3-5-7-9-13-27-16-17-28(14-11-12-22)21(27)26-25-19-18-24-29(20(19)23)15-10-8-6-4-2;4*1-2-3-4-5-10-25-13-14-26(11-6-8-19)18(25)24-23-16-15-22-27(17(16)21)12-7-9-20;;;;;;;/h16-18,23H,3-15,22H2,1-2H3;13-15,21H,2-12,20H2,1H3;3*13-15,21H,2-12,19-20H2,1H3;6*1H;1H3/p+5. The fraction of sp³-hybridized carbons (Fsp3) is 0.677. The third-order valence-electron chi connectivity index (χ3n) is 23.1. The molecule has 0 aliphatic heterocycles. The Hall–Kier alpha value is -8.28. The normalized spacial score (nSPS) is 11.1. The highest BCUT2D eigenvalue weighted by Crippen LogP contribution is 2.30. The van der Waals surface area contributed by atoms with Gasteiger partial charge in [0.25, 0.3) is 0 Å². The molecule has 44 nitrogen and oxygen atoms in total. The number of aromatic nitrogens is 20. The second-order valence-corrected chi connectivity index (χ2v) is 34.7. The second kappa shape index (κ2) is 84.6. The molecular weight excluding hydrogens is 2200 g/mol. The zero-order chi connectivity index (χ0) is 98.8. The number of aryl methyl sites for hydroxylation is 15. The lowest BCUT2D eigenvalue weighted by molar-refractivity contribution is -0.686. The van der Waals surface area contributed by atoms with Crippen LogP contribution in [-0.2, 0) is 98.2 Å². The number of imidazole rings is 5. The van der Waals surface area contributed by atoms with Crippen LogP contribution in [0.4, 0.5) is 87.3 Å². The van der Waals surface area contributed by atoms with Crippen LogP contribution in [0, 0.1) is 0 Å². The number of unbranched alkanes of at least 4 members (excludes halogenated alkanes) is 18. The SMILES string of the molecule is CCCCCCn1cc[n+](CCCCl)c1N=Nc1cnn(CCC[NH3+])c1N.CCCCCCn1cc[n+](CCCN)c1N=Nc1cnn(CCCN)c1N.CCCCCCn1cc[n+](CCCN)c1N=Nc1cnn(CCCN)c1N.CCCCCCn1cc[n+](CCC[NH3+])c1N=Nc1cnn(CCCCCC)c1N.CCCCCCn1cc[n+](CCC[NH3+])c1N=Nc1cnn(CCCN)c1N.N.[Br-].[Br-].[Br-].[Br-].[Br-].[Cl-].[H+].[H+].[H+]. The van der Waals surface area contributed by atoms with E-state index in [0.717, 1.165) is 224 Å². The van der Waals surface area contributed by atoms with Crippen molar-refractivity contribution in [2.45, 2.75) is 352 Å². The van der Waals surface area contributed by atoms with Gasteiger partial charge in [-0.2, -0.15) is 25.5 Å². The Morgan fingerprint density at radius 1 is 0.264 bits per heavy atom. The van der Waals surface area contributed by atoms with Crippen molar-refractivity contribution in [3.05, 3.63) is 93.0 Å². The van der Waals surface area contributed by atoms with Gasteiger partial charge in [0.15, 0.2) is 57.5 Å². The molecule has 0 aromatic carbocycles. The van der Waals surface area contributed by atoms with Gasteiger partial charge in [-0.15, -0.1) is 11.6 Å². The molecule has 0 bridgehead atoms. The number of hydrogen-bond acceptors (Lipinski definition) is 26. The summed E-state index contributed by atoms with van der Waals surface area (Å²) in [5.41, 5.74) is 73.5. The first kappa shape index (κ1) is 138. The molecule has 10 rings (SSSR count). The van der Waals surface area contributed by atoms with Crippen molar-refractivity contribution in [3.63, 3.8) is 0 Å². The molecule has 0 aliphatic rings. The predicted octanol–water partition coefficient (Wildman–Crippen LogP) is -4.88. The minimum Gasteiger partial charge on any atom is -1.00 e. The van der Waals surface area contributed by atoms with Gasteiger partial charge in [-0.3, -0.25) is 0 Å². The quantitative estimate of drug-likeness (QED) is 0.00736. The molecule has 0 amide bonds. The van der Waals surface area contributed by atoms with Crippen molar-refractivity contribution in [1.29, 1.82) is 0 Å². The van der Waals surface area contributed by atoms with Gasteiger partial charge in [0.05, 0.1) is 178 Å². The van der Waals surface area contributed by atoms with Crippen molar-refractivity contribution in [2.24, 2.45) is 79.8 Å². The van der Waals surface area contributed by atoms with Gasteiger partial charge < -0.3 is 178 Å². The van der Waals surface area contributed by atoms with Crippen LogP contribution in [0.15, 0.2) is 144 Å². The fourth-order valence-electron chi connectivity index (χ4n) is 14.8. The molecule has 0 fully saturated rings. The van der Waals surface area contributed by atoms with E-state index in [-0.39, 0.29) is 108 Å². The molecule has 0 atom stereocenters. The molecule has 0 unspecified atom stereocenters. The molecule has 0 saturated carbocycles. The van der Waals surface area contributed by atoms with Gasteiger partial charge in [0.2, 0.25) is 0 Å². The number of hydrogen-bond donors (Lipinski definition) is 14. The number of anilines is 5. The van der Waals surface area contributed by atoms with E-state index in [2.05, 4.69) is 224 Å². The maximum absolute atomic E-state index is 6.25. The molecule has 0 spiro atoms. The van der Waals surface area contributed by atoms with E-state index in [1.807, 2.05) is 23.3 Å². The maximum atomic E-state index is 6.25. The number of halogens is 7. The molecule has 818 valence electrons. The summed E-state index contributed by atoms with van der Waals surface area (Å²) in [6, 6.07) is 0. The minimum atomic E-state index is 0. The van der Waals surface area contributed by atoms with Crippen LogP contribution in [0.25, 0.3) is 0 Å². The monoisotopic (exact) mass is 2380 g/mol. The highest BCUT2D eigenvalue weighted by Gasteiger charge is 2.25. The van der Waals surface area contributed by atoms with E-state index in [9.17, 15) is 0 Å². The van der Waals surface area contributed by atoms with Gasteiger partial charge in [0, 0.05) is 83.4 Å². The Morgan fingerprint density at radius 3 is 0.646 bits per heavy atom. The smallest absolute Gasteiger partial charge is 1.00 e. The first-order valence-electron chi connectivity index (χ1n) is 51.1. The van der Waals surface area contributed by atoms with Gasteiger partial charge >= 0.3 is 34.0 Å². The van der Waals surface area contributed by atoms with Crippen LogP contribution in [-0.4, -0.2) is 130 Å². The average Bonchev–Trinajstić information content (AvgIpc) is 1.70. The lowest BCUT2D eigenvalue weighted by Gasteiger charge is -2.03. The first-order valence-corrected chi connectivity index (χ1v) is 51.6. The topological polar surface area (TPSA) is 635 Å². The largest absolute Gasteiger partial charge is 1.00 e. The van der Waals surface area contributed by atoms with E-state index < -0.39 is 0 Å². The van der Waals surface area contributed by atoms with Gasteiger partial charge in [-0.1, -0.05) is 183 Å². The van der Waals surface area contributed by atoms with Crippen molar-refractivity contribution in [1.82, 2.24) is 77.9 Å². The Morgan fingerprint density at radius 2 is 0.451 bits per heavy atom. The first-order chi connectivity index (χ1) is 67.0. The Kier molecular flexibility index (Phi) is 81.0. The van der Waals surface area contributed by atoms with E-state index >= 15 is 0 Å². The molecule has 144 heavy (non-hydrogen) atoms. The molecular formula is C93H182Br5Cl2N44+5. The summed E-state index contributed by atoms with van der Waals surface area (Å²) in [5.74, 6) is 7.47. The van der Waals surface area contributed by atoms with Crippen LogP contribution in [0.2, 0.25) is 0 Å². The third kappa shape index (κ3) is 49.2. The Labute approximate surface area is 923 Å². The Bertz CT molecular complexity index is 4530. The van der Waals surface area contributed by atoms with Crippen molar-refractivity contribution in [3.8, 4) is 0 Å². The maximum Gasteiger partial charge on any atom is 1.00 e. The highest BCUT2D eigenvalue weighted by atomic mass is 79.9. The molecule has 51 heteroatoms. The summed E-state index contributed by atoms with van der Waals surface area (Å²) >= 11 is 5.86. The van der Waals surface area contributed by atoms with Crippen molar-refractivity contribution >= 4 is 98.9 Å². The van der Waals surface area contributed by atoms with Crippen LogP contribution < -0.4 is 201 Å². The molecule has 0 aliphatic carbocycles. The molecule has 10 aromatic rings. The number of quaternary nitrogens is 3. The van der Waals surface area contributed by atoms with Crippen LogP contribution in [0.3, 0.4) is 0 Å². The summed E-state index contributed by atoms with van der Waals surface area (Å²) in [6.07, 6.45) is 66.1. The zero-order valence-corrected chi connectivity index (χ0v) is 96.6. The minimum absolute atomic E-state index is 0. The Balaban J connectivity index is -0.000000562. The summed E-state index contributed by atoms with van der Waals surface area (Å²) in [5, 5.41) is 66.0. The molecule has 0 radical (unpaired) electrons. The van der Waals surface area contributed by atoms with Crippen molar-refractivity contribution < 1.29 is 142 Å². The van der Waals surface area contributed by atoms with E-state index in [0.29, 0.717) is 116 Å². The number of rotatable bonds is 67. The van der Waals surface area contributed by atoms with E-state index in [4.69, 9.17) is 68.9 Å². The number of alkyl halides is 1. The predicted molar refractivity (Wildman–Crippen MR) is 551 cm³/mol. The van der Waals surface area contributed by atoms with E-state index in [1.165, 1.54) is 116 Å². The number of azo groups is 5. The summed E-state index contributed by atoms with van der Waals surface area (Å²) in [7, 11) is 0. The number of nitrogens with two attached hydrogens (primary N) is 10. The highest BCUT2D eigenvalue weighted by molar-refractivity contribution is 6.17. The number of nitrogens with zero attached hydrogens (tertiary/aromatic N) is 30. The van der Waals surface area contributed by atoms with Gasteiger partial charge in [-0.05, 0) is 110 Å². The lowest BCUT2D eigenvalue weighted by Crippen LogP contribution is -3.00. The molecule has 0 saturated heterocycles. The van der Waals surface area contributed by atoms with Gasteiger partial charge in [0.1, 0.15) is 0 Å². The van der Waals surface area contributed by atoms with Crippen LogP contribution in [0.1, 0.15) is 258 Å². The number of nitrogen functional groups attached to an aromatic ring is 5. The summed E-state index contributed by atoms with van der Waals surface area (Å²) < 4.78 is 30.1. The summed E-state index contributed by atoms with van der Waals surface area (Å²) in [6.45, 7) is 31.6. The van der Waals surface area contributed by atoms with Crippen molar-refractivity contribution in [2.75, 3.05) is 86.9 Å². The van der Waals surface area contributed by atoms with Crippen LogP contribution in [0.5, 0.6) is 0 Å². The lowest BCUT2D eigenvalue weighted by atomic mass is 10.2. The summed E-state index contributed by atoms with van der Waals surface area (Å²) in [4.78, 5) is 0. The van der Waals surface area contributed by atoms with E-state index in [1.54, 1.807) is 49.7 Å².